The molecular formula is C25H23Cl2N5O6S. The minimum Gasteiger partial charge on any atom is -0.378 e. The van der Waals surface area contributed by atoms with Crippen molar-refractivity contribution in [3.05, 3.63) is 92.5 Å². The van der Waals surface area contributed by atoms with Crippen molar-refractivity contribution in [2.75, 3.05) is 42.1 Å². The Bertz CT molecular complexity index is 1500. The van der Waals surface area contributed by atoms with Crippen molar-refractivity contribution < 1.29 is 22.9 Å². The topological polar surface area (TPSA) is 134 Å². The van der Waals surface area contributed by atoms with Crippen LogP contribution in [0.4, 0.5) is 17.1 Å². The molecule has 1 saturated heterocycles. The first-order valence-electron chi connectivity index (χ1n) is 11.6. The lowest BCUT2D eigenvalue weighted by atomic mass is 10.1. The van der Waals surface area contributed by atoms with Crippen molar-refractivity contribution in [2.24, 2.45) is 5.10 Å². The molecule has 11 nitrogen and oxygen atoms in total. The van der Waals surface area contributed by atoms with Gasteiger partial charge in [0.2, 0.25) is 0 Å². The van der Waals surface area contributed by atoms with Gasteiger partial charge in [-0.25, -0.2) is 13.8 Å². The standard InChI is InChI=1S/C25H23Cl2N5O6S/c26-22-8-6-19(15-23(22)27)31(39(36,37)21-4-2-1-3-5-21)17-25(33)29-28-16-18-14-20(32(34)35)7-9-24(18)30-10-12-38-13-11-30/h1-9,14-16H,10-13,17H2,(H,29,33)/b28-16-. The first kappa shape index (κ1) is 28.3. The smallest absolute Gasteiger partial charge is 0.270 e. The summed E-state index contributed by atoms with van der Waals surface area (Å²) in [7, 11) is -4.17. The van der Waals surface area contributed by atoms with Crippen LogP contribution in [0.2, 0.25) is 10.0 Å². The summed E-state index contributed by atoms with van der Waals surface area (Å²) in [6.07, 6.45) is 1.28. The molecular weight excluding hydrogens is 569 g/mol. The molecule has 0 aromatic heterocycles. The van der Waals surface area contributed by atoms with Gasteiger partial charge in [0.1, 0.15) is 6.54 Å². The highest BCUT2D eigenvalue weighted by molar-refractivity contribution is 7.92. The number of nitrogens with zero attached hydrogens (tertiary/aromatic N) is 4. The van der Waals surface area contributed by atoms with E-state index in [1.807, 2.05) is 4.90 Å². The number of hydrogen-bond acceptors (Lipinski definition) is 8. The van der Waals surface area contributed by atoms with Gasteiger partial charge in [-0.1, -0.05) is 41.4 Å². The first-order valence-corrected chi connectivity index (χ1v) is 13.8. The lowest BCUT2D eigenvalue weighted by Gasteiger charge is -2.29. The maximum Gasteiger partial charge on any atom is 0.270 e. The van der Waals surface area contributed by atoms with Gasteiger partial charge in [-0.2, -0.15) is 5.10 Å². The second-order valence-corrected chi connectivity index (χ2v) is 11.0. The van der Waals surface area contributed by atoms with Gasteiger partial charge in [0, 0.05) is 36.5 Å². The largest absolute Gasteiger partial charge is 0.378 e. The molecule has 14 heteroatoms. The summed E-state index contributed by atoms with van der Waals surface area (Å²) in [5, 5.41) is 15.6. The third-order valence-electron chi connectivity index (χ3n) is 5.78. The maximum absolute atomic E-state index is 13.4. The van der Waals surface area contributed by atoms with Crippen molar-refractivity contribution >= 4 is 62.4 Å². The van der Waals surface area contributed by atoms with Crippen LogP contribution in [0, 0.1) is 10.1 Å². The molecule has 0 saturated carbocycles. The Labute approximate surface area is 234 Å². The molecule has 0 bridgehead atoms. The summed E-state index contributed by atoms with van der Waals surface area (Å²) in [5.74, 6) is -0.754. The van der Waals surface area contributed by atoms with Gasteiger partial charge in [0.25, 0.3) is 21.6 Å². The summed E-state index contributed by atoms with van der Waals surface area (Å²) < 4.78 is 33.1. The number of anilines is 2. The lowest BCUT2D eigenvalue weighted by Crippen LogP contribution is -2.39. The molecule has 204 valence electrons. The number of rotatable bonds is 9. The van der Waals surface area contributed by atoms with Gasteiger partial charge in [0.05, 0.1) is 45.0 Å². The molecule has 3 aromatic carbocycles. The average Bonchev–Trinajstić information content (AvgIpc) is 2.94. The Kier molecular flexibility index (Phi) is 9.02. The van der Waals surface area contributed by atoms with Crippen molar-refractivity contribution in [1.82, 2.24) is 5.43 Å². The highest BCUT2D eigenvalue weighted by Crippen LogP contribution is 2.30. The predicted molar refractivity (Wildman–Crippen MR) is 149 cm³/mol. The Balaban J connectivity index is 1.58. The minimum absolute atomic E-state index is 0.0286. The quantitative estimate of drug-likeness (QED) is 0.225. The number of carbonyl (C=O) groups excluding carboxylic acids is 1. The third-order valence-corrected chi connectivity index (χ3v) is 8.30. The second kappa shape index (κ2) is 12.4. The molecule has 1 aliphatic heterocycles. The Morgan fingerprint density at radius 1 is 1.08 bits per heavy atom. The number of hydrogen-bond donors (Lipinski definition) is 1. The number of nitro benzene ring substituents is 1. The number of ether oxygens (including phenoxy) is 1. The first-order chi connectivity index (χ1) is 18.7. The molecule has 1 heterocycles. The number of halogens is 2. The molecule has 39 heavy (non-hydrogen) atoms. The zero-order chi connectivity index (χ0) is 28.0. The van der Waals surface area contributed by atoms with E-state index in [1.54, 1.807) is 24.3 Å². The third kappa shape index (κ3) is 6.84. The molecule has 0 unspecified atom stereocenters. The van der Waals surface area contributed by atoms with Gasteiger partial charge >= 0.3 is 0 Å². The molecule has 1 fully saturated rings. The zero-order valence-corrected chi connectivity index (χ0v) is 22.7. The minimum atomic E-state index is -4.17. The van der Waals surface area contributed by atoms with Crippen molar-refractivity contribution in [3.63, 3.8) is 0 Å². The van der Waals surface area contributed by atoms with Gasteiger partial charge in [0.15, 0.2) is 0 Å². The van der Waals surface area contributed by atoms with Crippen LogP contribution < -0.4 is 14.6 Å². The van der Waals surface area contributed by atoms with E-state index in [9.17, 15) is 23.3 Å². The van der Waals surface area contributed by atoms with E-state index in [0.717, 1.165) is 4.31 Å². The van der Waals surface area contributed by atoms with Crippen LogP contribution in [-0.2, 0) is 19.6 Å². The second-order valence-electron chi connectivity index (χ2n) is 8.32. The van der Waals surface area contributed by atoms with Gasteiger partial charge in [-0.05, 0) is 36.4 Å². The van der Waals surface area contributed by atoms with Crippen molar-refractivity contribution in [1.29, 1.82) is 0 Å². The molecule has 4 rings (SSSR count). The SMILES string of the molecule is O=C(CN(c1ccc(Cl)c(Cl)c1)S(=O)(=O)c1ccccc1)N/N=C\c1cc([N+](=O)[O-])ccc1N1CCOCC1. The van der Waals surface area contributed by atoms with E-state index in [0.29, 0.717) is 37.6 Å². The molecule has 0 radical (unpaired) electrons. The van der Waals surface area contributed by atoms with Crippen LogP contribution in [-0.4, -0.2) is 58.3 Å². The van der Waals surface area contributed by atoms with Crippen LogP contribution in [0.15, 0.2) is 76.7 Å². The number of nitrogens with one attached hydrogen (secondary N) is 1. The van der Waals surface area contributed by atoms with E-state index in [1.165, 1.54) is 48.7 Å². The van der Waals surface area contributed by atoms with Gasteiger partial charge in [-0.15, -0.1) is 0 Å². The van der Waals surface area contributed by atoms with Gasteiger partial charge < -0.3 is 9.64 Å². The highest BCUT2D eigenvalue weighted by Gasteiger charge is 2.27. The molecule has 1 N–H and O–H groups in total. The number of nitro groups is 1. The number of amides is 1. The lowest BCUT2D eigenvalue weighted by molar-refractivity contribution is -0.384. The number of hydrazone groups is 1. The molecule has 1 aliphatic rings. The van der Waals surface area contributed by atoms with Crippen molar-refractivity contribution in [3.8, 4) is 0 Å². The van der Waals surface area contributed by atoms with E-state index in [4.69, 9.17) is 27.9 Å². The average molecular weight is 592 g/mol. The fraction of sp³-hybridized carbons (Fsp3) is 0.200. The fourth-order valence-electron chi connectivity index (χ4n) is 3.87. The Hall–Kier alpha value is -3.71. The number of benzene rings is 3. The fourth-order valence-corrected chi connectivity index (χ4v) is 5.59. The number of carbonyl (C=O) groups is 1. The van der Waals surface area contributed by atoms with Crippen LogP contribution >= 0.6 is 23.2 Å². The van der Waals surface area contributed by atoms with Crippen LogP contribution in [0.5, 0.6) is 0 Å². The normalized spacial score (nSPS) is 13.8. The van der Waals surface area contributed by atoms with Crippen LogP contribution in [0.1, 0.15) is 5.56 Å². The van der Waals surface area contributed by atoms with E-state index < -0.39 is 27.4 Å². The molecule has 3 aromatic rings. The Morgan fingerprint density at radius 2 is 1.79 bits per heavy atom. The summed E-state index contributed by atoms with van der Waals surface area (Å²) in [6, 6.07) is 16.2. The van der Waals surface area contributed by atoms with Crippen LogP contribution in [0.3, 0.4) is 0 Å². The molecule has 0 spiro atoms. The van der Waals surface area contributed by atoms with E-state index in [-0.39, 0.29) is 26.3 Å². The van der Waals surface area contributed by atoms with E-state index in [2.05, 4.69) is 10.5 Å². The van der Waals surface area contributed by atoms with E-state index >= 15 is 0 Å². The number of sulfonamides is 1. The summed E-state index contributed by atoms with van der Waals surface area (Å²) in [6.45, 7) is 1.55. The monoisotopic (exact) mass is 591 g/mol. The summed E-state index contributed by atoms with van der Waals surface area (Å²) in [4.78, 5) is 25.6. The Morgan fingerprint density at radius 3 is 2.46 bits per heavy atom. The zero-order valence-electron chi connectivity index (χ0n) is 20.4. The molecule has 0 aliphatic carbocycles. The predicted octanol–water partition coefficient (Wildman–Crippen LogP) is 4.08. The summed E-state index contributed by atoms with van der Waals surface area (Å²) >= 11 is 12.1. The molecule has 0 atom stereocenters. The highest BCUT2D eigenvalue weighted by atomic mass is 35.5. The van der Waals surface area contributed by atoms with Crippen LogP contribution in [0.25, 0.3) is 0 Å². The maximum atomic E-state index is 13.4. The number of non-ortho nitro benzene ring substituents is 1. The molecule has 1 amide bonds. The van der Waals surface area contributed by atoms with Gasteiger partial charge in [-0.3, -0.25) is 19.2 Å². The summed E-state index contributed by atoms with van der Waals surface area (Å²) in [5.41, 5.74) is 3.39. The van der Waals surface area contributed by atoms with Crippen molar-refractivity contribution in [2.45, 2.75) is 4.90 Å². The number of morpholine rings is 1.